The second kappa shape index (κ2) is 8.27. The number of ether oxygens (including phenoxy) is 2. The fraction of sp³-hybridized carbons (Fsp3) is 0.462. The molecule has 0 saturated carbocycles. The molecule has 1 rings (SSSR count). The van der Waals surface area contributed by atoms with Gasteiger partial charge in [-0.3, -0.25) is 4.79 Å². The lowest BCUT2D eigenvalue weighted by Gasteiger charge is -2.12. The Morgan fingerprint density at radius 2 is 1.79 bits per heavy atom. The monoisotopic (exact) mass is 456 g/mol. The summed E-state index contributed by atoms with van der Waals surface area (Å²) in [5.74, 6) is 0.453. The first-order chi connectivity index (χ1) is 8.95. The van der Waals surface area contributed by atoms with Crippen LogP contribution in [0.3, 0.4) is 0 Å². The van der Waals surface area contributed by atoms with Crippen LogP contribution in [-0.2, 0) is 9.53 Å². The van der Waals surface area contributed by atoms with Crippen molar-refractivity contribution in [3.8, 4) is 5.75 Å². The smallest absolute Gasteiger partial charge is 0.308 e. The van der Waals surface area contributed by atoms with Crippen molar-refractivity contribution in [1.82, 2.24) is 0 Å². The lowest BCUT2D eigenvalue weighted by atomic mass is 10.1. The van der Waals surface area contributed by atoms with E-state index in [2.05, 4.69) is 47.8 Å². The van der Waals surface area contributed by atoms with Crippen molar-refractivity contribution in [3.63, 3.8) is 0 Å². The first kappa shape index (κ1) is 17.0. The third-order valence-corrected chi connectivity index (χ3v) is 4.19. The van der Waals surface area contributed by atoms with Gasteiger partial charge in [0.1, 0.15) is 19.0 Å². The van der Waals surface area contributed by atoms with Crippen molar-refractivity contribution in [2.45, 2.75) is 20.3 Å². The molecule has 0 spiro atoms. The van der Waals surface area contributed by atoms with E-state index in [9.17, 15) is 4.79 Å². The van der Waals surface area contributed by atoms with Crippen molar-refractivity contribution < 1.29 is 14.3 Å². The first-order valence-corrected chi connectivity index (χ1v) is 8.27. The SMILES string of the molecule is CCC(C)C(=O)OCCOc1c(Br)cc(Br)cc1Br. The molecule has 0 radical (unpaired) electrons. The van der Waals surface area contributed by atoms with E-state index in [4.69, 9.17) is 9.47 Å². The van der Waals surface area contributed by atoms with Crippen molar-refractivity contribution in [2.24, 2.45) is 5.92 Å². The van der Waals surface area contributed by atoms with E-state index >= 15 is 0 Å². The molecule has 0 amide bonds. The largest absolute Gasteiger partial charge is 0.488 e. The summed E-state index contributed by atoms with van der Waals surface area (Å²) in [7, 11) is 0. The van der Waals surface area contributed by atoms with E-state index < -0.39 is 0 Å². The maximum Gasteiger partial charge on any atom is 0.308 e. The molecule has 106 valence electrons. The molecule has 1 aromatic rings. The van der Waals surface area contributed by atoms with E-state index in [1.807, 2.05) is 26.0 Å². The van der Waals surface area contributed by atoms with Gasteiger partial charge in [-0.15, -0.1) is 0 Å². The zero-order chi connectivity index (χ0) is 14.4. The molecule has 1 unspecified atom stereocenters. The van der Waals surface area contributed by atoms with Crippen molar-refractivity contribution in [2.75, 3.05) is 13.2 Å². The highest BCUT2D eigenvalue weighted by atomic mass is 79.9. The average Bonchev–Trinajstić information content (AvgIpc) is 2.35. The molecule has 0 fully saturated rings. The Hall–Kier alpha value is -0.0700. The van der Waals surface area contributed by atoms with E-state index in [-0.39, 0.29) is 18.5 Å². The molecule has 0 aliphatic rings. The van der Waals surface area contributed by atoms with E-state index in [1.165, 1.54) is 0 Å². The van der Waals surface area contributed by atoms with E-state index in [0.29, 0.717) is 12.4 Å². The van der Waals surface area contributed by atoms with Crippen molar-refractivity contribution in [1.29, 1.82) is 0 Å². The van der Waals surface area contributed by atoms with Gasteiger partial charge in [-0.1, -0.05) is 29.8 Å². The normalized spacial score (nSPS) is 12.1. The Labute approximate surface area is 138 Å². The minimum absolute atomic E-state index is 0.0637. The Balaban J connectivity index is 2.44. The van der Waals surface area contributed by atoms with Gasteiger partial charge in [0.05, 0.1) is 14.9 Å². The molecule has 0 aliphatic carbocycles. The van der Waals surface area contributed by atoms with Crippen LogP contribution in [0.25, 0.3) is 0 Å². The van der Waals surface area contributed by atoms with Crippen molar-refractivity contribution in [3.05, 3.63) is 25.6 Å². The molecule has 6 heteroatoms. The maximum absolute atomic E-state index is 11.5. The van der Waals surface area contributed by atoms with Gasteiger partial charge in [-0.25, -0.2) is 0 Å². The third kappa shape index (κ3) is 5.44. The van der Waals surface area contributed by atoms with Gasteiger partial charge in [0.25, 0.3) is 0 Å². The summed E-state index contributed by atoms with van der Waals surface area (Å²) in [5, 5.41) is 0. The van der Waals surface area contributed by atoms with Crippen LogP contribution in [0, 0.1) is 5.92 Å². The number of carbonyl (C=O) groups is 1. The maximum atomic E-state index is 11.5. The number of hydrogen-bond donors (Lipinski definition) is 0. The highest BCUT2D eigenvalue weighted by Crippen LogP contribution is 2.36. The summed E-state index contributed by atoms with van der Waals surface area (Å²) in [6.07, 6.45) is 0.781. The summed E-state index contributed by atoms with van der Waals surface area (Å²) in [5.41, 5.74) is 0. The fourth-order valence-electron chi connectivity index (χ4n) is 1.26. The zero-order valence-corrected chi connectivity index (χ0v) is 15.5. The number of halogens is 3. The van der Waals surface area contributed by atoms with Crippen LogP contribution in [0.15, 0.2) is 25.6 Å². The van der Waals surface area contributed by atoms with Gasteiger partial charge in [0.15, 0.2) is 0 Å². The van der Waals surface area contributed by atoms with Gasteiger partial charge in [0, 0.05) is 4.47 Å². The molecule has 0 saturated heterocycles. The topological polar surface area (TPSA) is 35.5 Å². The summed E-state index contributed by atoms with van der Waals surface area (Å²) in [6, 6.07) is 3.79. The number of benzene rings is 1. The Kier molecular flexibility index (Phi) is 7.39. The second-order valence-corrected chi connectivity index (χ2v) is 6.65. The second-order valence-electron chi connectivity index (χ2n) is 4.02. The number of rotatable bonds is 6. The molecule has 0 aliphatic heterocycles. The quantitative estimate of drug-likeness (QED) is 0.447. The molecule has 1 aromatic carbocycles. The zero-order valence-electron chi connectivity index (χ0n) is 10.7. The lowest BCUT2D eigenvalue weighted by Crippen LogP contribution is -2.17. The van der Waals surface area contributed by atoms with E-state index in [1.54, 1.807) is 0 Å². The van der Waals surface area contributed by atoms with Gasteiger partial charge in [-0.05, 0) is 50.4 Å². The molecule has 0 heterocycles. The van der Waals surface area contributed by atoms with Crippen LogP contribution in [0.2, 0.25) is 0 Å². The van der Waals surface area contributed by atoms with Gasteiger partial charge >= 0.3 is 5.97 Å². The number of carbonyl (C=O) groups excluding carboxylic acids is 1. The van der Waals surface area contributed by atoms with Gasteiger partial charge in [-0.2, -0.15) is 0 Å². The Bertz CT molecular complexity index is 426. The fourth-order valence-corrected chi connectivity index (χ4v) is 3.75. The molecule has 19 heavy (non-hydrogen) atoms. The third-order valence-electron chi connectivity index (χ3n) is 2.55. The Morgan fingerprint density at radius 3 is 2.32 bits per heavy atom. The minimum atomic E-state index is -0.181. The molecule has 0 bridgehead atoms. The number of esters is 1. The van der Waals surface area contributed by atoms with Crippen LogP contribution >= 0.6 is 47.8 Å². The van der Waals surface area contributed by atoms with Gasteiger partial charge < -0.3 is 9.47 Å². The Morgan fingerprint density at radius 1 is 1.21 bits per heavy atom. The van der Waals surface area contributed by atoms with Crippen LogP contribution < -0.4 is 4.74 Å². The molecular formula is C13H15Br3O3. The lowest BCUT2D eigenvalue weighted by molar-refractivity contribution is -0.148. The minimum Gasteiger partial charge on any atom is -0.488 e. The van der Waals surface area contributed by atoms with Crippen LogP contribution in [-0.4, -0.2) is 19.2 Å². The van der Waals surface area contributed by atoms with Crippen LogP contribution in [0.4, 0.5) is 0 Å². The predicted molar refractivity (Wildman–Crippen MR) is 85.5 cm³/mol. The molecule has 0 N–H and O–H groups in total. The van der Waals surface area contributed by atoms with Crippen LogP contribution in [0.1, 0.15) is 20.3 Å². The molecule has 1 atom stereocenters. The first-order valence-electron chi connectivity index (χ1n) is 5.89. The molecular weight excluding hydrogens is 444 g/mol. The summed E-state index contributed by atoms with van der Waals surface area (Å²) < 4.78 is 13.3. The van der Waals surface area contributed by atoms with Crippen molar-refractivity contribution >= 4 is 53.8 Å². The summed E-state index contributed by atoms with van der Waals surface area (Å²) in [4.78, 5) is 11.5. The predicted octanol–water partition coefficient (Wildman–Crippen LogP) is 4.94. The highest BCUT2D eigenvalue weighted by molar-refractivity contribution is 9.11. The summed E-state index contributed by atoms with van der Waals surface area (Å²) in [6.45, 7) is 4.38. The average molecular weight is 459 g/mol. The molecule has 3 nitrogen and oxygen atoms in total. The van der Waals surface area contributed by atoms with E-state index in [0.717, 1.165) is 19.8 Å². The van der Waals surface area contributed by atoms with Gasteiger partial charge in [0.2, 0.25) is 0 Å². The summed E-state index contributed by atoms with van der Waals surface area (Å²) >= 11 is 10.2. The number of hydrogen-bond acceptors (Lipinski definition) is 3. The molecule has 0 aromatic heterocycles. The highest BCUT2D eigenvalue weighted by Gasteiger charge is 2.12. The van der Waals surface area contributed by atoms with Crippen LogP contribution in [0.5, 0.6) is 5.75 Å². The standard InChI is InChI=1S/C13H15Br3O3/c1-3-8(2)13(17)19-5-4-18-12-10(15)6-9(14)7-11(12)16/h6-8H,3-5H2,1-2H3.